The summed E-state index contributed by atoms with van der Waals surface area (Å²) in [6, 6.07) is 23.4. The van der Waals surface area contributed by atoms with Crippen LogP contribution in [-0.2, 0) is 0 Å². The number of hydrogen-bond acceptors (Lipinski definition) is 2. The lowest BCUT2D eigenvalue weighted by molar-refractivity contribution is 0.669. The monoisotopic (exact) mass is 337 g/mol. The molecule has 4 aromatic rings. The van der Waals surface area contributed by atoms with Gasteiger partial charge in [-0.15, -0.1) is 0 Å². The van der Waals surface area contributed by atoms with Gasteiger partial charge in [0.25, 0.3) is 0 Å². The molecule has 0 fully saturated rings. The summed E-state index contributed by atoms with van der Waals surface area (Å²) in [5, 5.41) is 5.92. The zero-order valence-electron chi connectivity index (χ0n) is 14.4. The highest BCUT2D eigenvalue weighted by Gasteiger charge is 2.15. The highest BCUT2D eigenvalue weighted by molar-refractivity contribution is 6.12. The molecule has 0 saturated heterocycles. The molecule has 0 spiro atoms. The van der Waals surface area contributed by atoms with E-state index in [0.717, 1.165) is 39.6 Å². The molecule has 1 atom stereocenters. The maximum absolute atomic E-state index is 6.41. The van der Waals surface area contributed by atoms with Gasteiger partial charge in [-0.05, 0) is 18.1 Å². The van der Waals surface area contributed by atoms with Gasteiger partial charge in [0.05, 0.1) is 5.69 Å². The molecule has 0 aliphatic heterocycles. The van der Waals surface area contributed by atoms with E-state index in [4.69, 9.17) is 4.42 Å². The van der Waals surface area contributed by atoms with Crippen molar-refractivity contribution in [2.45, 2.75) is 12.5 Å². The van der Waals surface area contributed by atoms with E-state index >= 15 is 0 Å². The van der Waals surface area contributed by atoms with Crippen molar-refractivity contribution in [2.24, 2.45) is 0 Å². The minimum absolute atomic E-state index is 0.299. The maximum Gasteiger partial charge on any atom is 0.158 e. The molecule has 26 heavy (non-hydrogen) atoms. The first-order valence-electron chi connectivity index (χ1n) is 9.00. The number of benzene rings is 3. The van der Waals surface area contributed by atoms with Crippen molar-refractivity contribution >= 4 is 27.6 Å². The summed E-state index contributed by atoms with van der Waals surface area (Å²) in [4.78, 5) is 0. The van der Waals surface area contributed by atoms with Crippen LogP contribution in [0.2, 0.25) is 0 Å². The molecular formula is C24H19NO. The summed E-state index contributed by atoms with van der Waals surface area (Å²) in [6.45, 7) is 0. The SMILES string of the molecule is C1=CCC(Nc2cccc3c2oc2c(-c4ccccc4)cccc23)C=C1. The Morgan fingerprint density at radius 2 is 1.58 bits per heavy atom. The van der Waals surface area contributed by atoms with Crippen LogP contribution in [0.25, 0.3) is 33.1 Å². The van der Waals surface area contributed by atoms with E-state index < -0.39 is 0 Å². The summed E-state index contributed by atoms with van der Waals surface area (Å²) >= 11 is 0. The molecular weight excluding hydrogens is 318 g/mol. The minimum atomic E-state index is 0.299. The summed E-state index contributed by atoms with van der Waals surface area (Å²) in [5.74, 6) is 0. The van der Waals surface area contributed by atoms with Crippen molar-refractivity contribution in [3.63, 3.8) is 0 Å². The Bertz CT molecular complexity index is 1140. The zero-order valence-corrected chi connectivity index (χ0v) is 14.4. The van der Waals surface area contributed by atoms with Crippen molar-refractivity contribution < 1.29 is 4.42 Å². The fourth-order valence-electron chi connectivity index (χ4n) is 3.67. The molecule has 1 aliphatic carbocycles. The molecule has 2 nitrogen and oxygen atoms in total. The molecule has 5 rings (SSSR count). The smallest absolute Gasteiger partial charge is 0.158 e. The van der Waals surface area contributed by atoms with Gasteiger partial charge >= 0.3 is 0 Å². The first-order chi connectivity index (χ1) is 12.9. The molecule has 3 aromatic carbocycles. The van der Waals surface area contributed by atoms with Gasteiger partial charge in [-0.25, -0.2) is 0 Å². The molecule has 1 aliphatic rings. The van der Waals surface area contributed by atoms with Crippen LogP contribution in [0.4, 0.5) is 5.69 Å². The predicted molar refractivity (Wildman–Crippen MR) is 109 cm³/mol. The molecule has 0 bridgehead atoms. The molecule has 1 aromatic heterocycles. The summed E-state index contributed by atoms with van der Waals surface area (Å²) in [7, 11) is 0. The first kappa shape index (κ1) is 15.0. The van der Waals surface area contributed by atoms with Crippen LogP contribution in [0.15, 0.2) is 95.5 Å². The van der Waals surface area contributed by atoms with Crippen LogP contribution in [0.1, 0.15) is 6.42 Å². The van der Waals surface area contributed by atoms with E-state index in [1.54, 1.807) is 0 Å². The third-order valence-corrected chi connectivity index (χ3v) is 4.93. The number of furan rings is 1. The number of hydrogen-bond donors (Lipinski definition) is 1. The topological polar surface area (TPSA) is 25.2 Å². The molecule has 2 heteroatoms. The van der Waals surface area contributed by atoms with Gasteiger partial charge in [-0.3, -0.25) is 0 Å². The molecule has 0 saturated carbocycles. The van der Waals surface area contributed by atoms with Crippen molar-refractivity contribution in [2.75, 3.05) is 5.32 Å². The van der Waals surface area contributed by atoms with Gasteiger partial charge in [0.1, 0.15) is 5.58 Å². The van der Waals surface area contributed by atoms with Crippen LogP contribution in [0.5, 0.6) is 0 Å². The zero-order chi connectivity index (χ0) is 17.3. The Labute approximate surface area is 152 Å². The Morgan fingerprint density at radius 1 is 0.769 bits per heavy atom. The Hall–Kier alpha value is -3.26. The Kier molecular flexibility index (Phi) is 3.60. The van der Waals surface area contributed by atoms with E-state index in [-0.39, 0.29) is 0 Å². The number of anilines is 1. The number of allylic oxidation sites excluding steroid dienone is 2. The van der Waals surface area contributed by atoms with Gasteiger partial charge in [0.15, 0.2) is 5.58 Å². The largest absolute Gasteiger partial charge is 0.453 e. The first-order valence-corrected chi connectivity index (χ1v) is 9.00. The Morgan fingerprint density at radius 3 is 2.38 bits per heavy atom. The predicted octanol–water partition coefficient (Wildman–Crippen LogP) is 6.55. The fraction of sp³-hybridized carbons (Fsp3) is 0.0833. The van der Waals surface area contributed by atoms with Crippen LogP contribution in [0, 0.1) is 0 Å². The normalized spacial score (nSPS) is 16.4. The minimum Gasteiger partial charge on any atom is -0.453 e. The molecule has 0 amide bonds. The van der Waals surface area contributed by atoms with Gasteiger partial charge in [-0.2, -0.15) is 0 Å². The molecule has 126 valence electrons. The van der Waals surface area contributed by atoms with Crippen LogP contribution < -0.4 is 5.32 Å². The lowest BCUT2D eigenvalue weighted by atomic mass is 10.0. The highest BCUT2D eigenvalue weighted by atomic mass is 16.3. The molecule has 1 unspecified atom stereocenters. The van der Waals surface area contributed by atoms with E-state index in [1.165, 1.54) is 5.56 Å². The van der Waals surface area contributed by atoms with E-state index in [9.17, 15) is 0 Å². The highest BCUT2D eigenvalue weighted by Crippen LogP contribution is 2.38. The van der Waals surface area contributed by atoms with Crippen molar-refractivity contribution in [1.29, 1.82) is 0 Å². The second kappa shape index (κ2) is 6.23. The van der Waals surface area contributed by atoms with E-state index in [2.05, 4.69) is 90.3 Å². The average Bonchev–Trinajstić information content (AvgIpc) is 3.09. The quantitative estimate of drug-likeness (QED) is 0.458. The summed E-state index contributed by atoms with van der Waals surface area (Å²) < 4.78 is 6.41. The second-order valence-corrected chi connectivity index (χ2v) is 6.63. The third-order valence-electron chi connectivity index (χ3n) is 4.93. The van der Waals surface area contributed by atoms with E-state index in [0.29, 0.717) is 6.04 Å². The fourth-order valence-corrected chi connectivity index (χ4v) is 3.67. The molecule has 0 radical (unpaired) electrons. The van der Waals surface area contributed by atoms with Gasteiger partial charge in [0.2, 0.25) is 0 Å². The second-order valence-electron chi connectivity index (χ2n) is 6.63. The number of rotatable bonds is 3. The Balaban J connectivity index is 1.68. The number of fused-ring (bicyclic) bond motifs is 3. The van der Waals surface area contributed by atoms with Gasteiger partial charge in [0, 0.05) is 22.4 Å². The number of para-hydroxylation sites is 2. The molecule has 1 N–H and O–H groups in total. The summed E-state index contributed by atoms with van der Waals surface area (Å²) in [5.41, 5.74) is 5.22. The van der Waals surface area contributed by atoms with E-state index in [1.807, 2.05) is 6.07 Å². The lowest BCUT2D eigenvalue weighted by Gasteiger charge is -2.16. The number of nitrogens with one attached hydrogen (secondary N) is 1. The third kappa shape index (κ3) is 2.51. The maximum atomic E-state index is 6.41. The van der Waals surface area contributed by atoms with Gasteiger partial charge < -0.3 is 9.73 Å². The molecule has 1 heterocycles. The summed E-state index contributed by atoms with van der Waals surface area (Å²) in [6.07, 6.45) is 9.54. The van der Waals surface area contributed by atoms with Crippen LogP contribution in [-0.4, -0.2) is 6.04 Å². The lowest BCUT2D eigenvalue weighted by Crippen LogP contribution is -2.16. The van der Waals surface area contributed by atoms with Crippen molar-refractivity contribution in [3.8, 4) is 11.1 Å². The van der Waals surface area contributed by atoms with Gasteiger partial charge in [-0.1, -0.05) is 85.0 Å². The standard InChI is InChI=1S/C24H19NO/c1-3-9-17(10-4-1)19-13-7-14-20-21-15-8-16-22(24(21)26-23(19)20)25-18-11-5-2-6-12-18/h1-11,13-16,18,25H,12H2. The van der Waals surface area contributed by atoms with Crippen LogP contribution in [0.3, 0.4) is 0 Å². The van der Waals surface area contributed by atoms with Crippen molar-refractivity contribution in [1.82, 2.24) is 0 Å². The van der Waals surface area contributed by atoms with Crippen LogP contribution >= 0.6 is 0 Å². The van der Waals surface area contributed by atoms with Crippen molar-refractivity contribution in [3.05, 3.63) is 91.0 Å². The average molecular weight is 337 g/mol.